The van der Waals surface area contributed by atoms with Gasteiger partial charge in [0.05, 0.1) is 6.42 Å². The number of benzene rings is 1. The number of amides is 4. The SMILES string of the molecule is Cc1ccccc1CC(=O)N1CCN(C(=O)C(C)NC(N)=O)CC1. The molecule has 7 nitrogen and oxygen atoms in total. The first-order chi connectivity index (χ1) is 11.4. The zero-order valence-electron chi connectivity index (χ0n) is 14.1. The largest absolute Gasteiger partial charge is 0.352 e. The predicted molar refractivity (Wildman–Crippen MR) is 90.2 cm³/mol. The number of hydrogen-bond acceptors (Lipinski definition) is 3. The van der Waals surface area contributed by atoms with Gasteiger partial charge in [0, 0.05) is 26.2 Å². The molecule has 1 unspecified atom stereocenters. The average molecular weight is 332 g/mol. The van der Waals surface area contributed by atoms with E-state index in [0.29, 0.717) is 32.6 Å². The van der Waals surface area contributed by atoms with Crippen LogP contribution in [0.5, 0.6) is 0 Å². The Kier molecular flexibility index (Phi) is 5.78. The normalized spacial score (nSPS) is 15.8. The summed E-state index contributed by atoms with van der Waals surface area (Å²) in [5, 5.41) is 2.38. The molecule has 130 valence electrons. The Labute approximate surface area is 141 Å². The number of piperazine rings is 1. The van der Waals surface area contributed by atoms with Gasteiger partial charge in [-0.2, -0.15) is 0 Å². The maximum Gasteiger partial charge on any atom is 0.312 e. The fourth-order valence-corrected chi connectivity index (χ4v) is 2.81. The number of nitrogens with two attached hydrogens (primary N) is 1. The quantitative estimate of drug-likeness (QED) is 0.828. The lowest BCUT2D eigenvalue weighted by Gasteiger charge is -2.36. The van der Waals surface area contributed by atoms with Crippen LogP contribution in [-0.4, -0.2) is 59.9 Å². The van der Waals surface area contributed by atoms with Crippen LogP contribution in [0.2, 0.25) is 0 Å². The Morgan fingerprint density at radius 3 is 2.29 bits per heavy atom. The first-order valence-electron chi connectivity index (χ1n) is 8.05. The maximum absolute atomic E-state index is 12.4. The minimum atomic E-state index is -0.720. The fourth-order valence-electron chi connectivity index (χ4n) is 2.81. The molecular formula is C17H24N4O3. The van der Waals surface area contributed by atoms with Gasteiger partial charge in [-0.25, -0.2) is 4.79 Å². The van der Waals surface area contributed by atoms with E-state index in [4.69, 9.17) is 5.73 Å². The Morgan fingerprint density at radius 1 is 1.12 bits per heavy atom. The second-order valence-corrected chi connectivity index (χ2v) is 6.04. The van der Waals surface area contributed by atoms with E-state index in [1.165, 1.54) is 0 Å². The molecule has 3 N–H and O–H groups in total. The van der Waals surface area contributed by atoms with Crippen LogP contribution in [0.4, 0.5) is 4.79 Å². The lowest BCUT2D eigenvalue weighted by molar-refractivity contribution is -0.140. The summed E-state index contributed by atoms with van der Waals surface area (Å²) in [6.07, 6.45) is 0.375. The van der Waals surface area contributed by atoms with Crippen LogP contribution in [0.25, 0.3) is 0 Å². The molecule has 0 saturated carbocycles. The Balaban J connectivity index is 1.86. The number of primary amides is 1. The van der Waals surface area contributed by atoms with Crippen molar-refractivity contribution in [2.45, 2.75) is 26.3 Å². The van der Waals surface area contributed by atoms with Crippen molar-refractivity contribution < 1.29 is 14.4 Å². The third kappa shape index (κ3) is 4.47. The highest BCUT2D eigenvalue weighted by molar-refractivity contribution is 5.86. The lowest BCUT2D eigenvalue weighted by atomic mass is 10.1. The maximum atomic E-state index is 12.4. The van der Waals surface area contributed by atoms with E-state index in [0.717, 1.165) is 11.1 Å². The van der Waals surface area contributed by atoms with Crippen molar-refractivity contribution in [3.63, 3.8) is 0 Å². The highest BCUT2D eigenvalue weighted by atomic mass is 16.2. The molecule has 2 rings (SSSR count). The van der Waals surface area contributed by atoms with Crippen molar-refractivity contribution in [2.24, 2.45) is 5.73 Å². The van der Waals surface area contributed by atoms with Gasteiger partial charge in [0.25, 0.3) is 0 Å². The number of aryl methyl sites for hydroxylation is 1. The minimum Gasteiger partial charge on any atom is -0.352 e. The number of carbonyl (C=O) groups excluding carboxylic acids is 3. The van der Waals surface area contributed by atoms with E-state index < -0.39 is 12.1 Å². The molecule has 4 amide bonds. The number of urea groups is 1. The smallest absolute Gasteiger partial charge is 0.312 e. The molecule has 1 aromatic carbocycles. The zero-order valence-corrected chi connectivity index (χ0v) is 14.1. The molecule has 0 bridgehead atoms. The minimum absolute atomic E-state index is 0.0692. The van der Waals surface area contributed by atoms with Gasteiger partial charge in [-0.15, -0.1) is 0 Å². The molecule has 24 heavy (non-hydrogen) atoms. The molecular weight excluding hydrogens is 308 g/mol. The average Bonchev–Trinajstić information content (AvgIpc) is 2.55. The third-order valence-electron chi connectivity index (χ3n) is 4.28. The van der Waals surface area contributed by atoms with Crippen LogP contribution < -0.4 is 11.1 Å². The summed E-state index contributed by atoms with van der Waals surface area (Å²) in [6, 6.07) is 6.46. The van der Waals surface area contributed by atoms with Crippen LogP contribution in [0.1, 0.15) is 18.1 Å². The molecule has 1 aromatic rings. The van der Waals surface area contributed by atoms with E-state index in [1.54, 1.807) is 16.7 Å². The molecule has 1 saturated heterocycles. The van der Waals surface area contributed by atoms with Gasteiger partial charge in [0.2, 0.25) is 11.8 Å². The van der Waals surface area contributed by atoms with Crippen molar-refractivity contribution in [3.8, 4) is 0 Å². The molecule has 1 heterocycles. The zero-order chi connectivity index (χ0) is 17.7. The first kappa shape index (κ1) is 17.8. The van der Waals surface area contributed by atoms with Gasteiger partial charge < -0.3 is 20.9 Å². The van der Waals surface area contributed by atoms with Crippen LogP contribution in [0, 0.1) is 6.92 Å². The number of carbonyl (C=O) groups is 3. The van der Waals surface area contributed by atoms with Crippen LogP contribution in [-0.2, 0) is 16.0 Å². The highest BCUT2D eigenvalue weighted by Gasteiger charge is 2.27. The molecule has 0 spiro atoms. The summed E-state index contributed by atoms with van der Waals surface area (Å²) in [4.78, 5) is 38.9. The number of nitrogens with zero attached hydrogens (tertiary/aromatic N) is 2. The number of hydrogen-bond donors (Lipinski definition) is 2. The fraction of sp³-hybridized carbons (Fsp3) is 0.471. The summed E-state index contributed by atoms with van der Waals surface area (Å²) >= 11 is 0. The summed E-state index contributed by atoms with van der Waals surface area (Å²) in [5.41, 5.74) is 7.17. The standard InChI is InChI=1S/C17H24N4O3/c1-12-5-3-4-6-14(12)11-15(22)20-7-9-21(10-8-20)16(23)13(2)19-17(18)24/h3-6,13H,7-11H2,1-2H3,(H3,18,19,24). The molecule has 0 aromatic heterocycles. The van der Waals surface area contributed by atoms with Gasteiger partial charge in [-0.3, -0.25) is 9.59 Å². The van der Waals surface area contributed by atoms with Crippen molar-refractivity contribution in [1.82, 2.24) is 15.1 Å². The molecule has 1 aliphatic rings. The highest BCUT2D eigenvalue weighted by Crippen LogP contribution is 2.11. The molecule has 1 fully saturated rings. The lowest BCUT2D eigenvalue weighted by Crippen LogP contribution is -2.55. The second kappa shape index (κ2) is 7.81. The predicted octanol–water partition coefficient (Wildman–Crippen LogP) is 0.265. The summed E-state index contributed by atoms with van der Waals surface area (Å²) < 4.78 is 0. The van der Waals surface area contributed by atoms with Crippen molar-refractivity contribution >= 4 is 17.8 Å². The van der Waals surface area contributed by atoms with E-state index >= 15 is 0 Å². The van der Waals surface area contributed by atoms with E-state index in [2.05, 4.69) is 5.32 Å². The topological polar surface area (TPSA) is 95.7 Å². The summed E-state index contributed by atoms with van der Waals surface area (Å²) in [5.74, 6) is -0.112. The third-order valence-corrected chi connectivity index (χ3v) is 4.28. The van der Waals surface area contributed by atoms with E-state index in [-0.39, 0.29) is 11.8 Å². The van der Waals surface area contributed by atoms with Crippen LogP contribution >= 0.6 is 0 Å². The molecule has 1 aliphatic heterocycles. The number of nitrogens with one attached hydrogen (secondary N) is 1. The van der Waals surface area contributed by atoms with Gasteiger partial charge in [0.15, 0.2) is 0 Å². The van der Waals surface area contributed by atoms with E-state index in [9.17, 15) is 14.4 Å². The van der Waals surface area contributed by atoms with Gasteiger partial charge in [0.1, 0.15) is 6.04 Å². The molecule has 1 atom stereocenters. The summed E-state index contributed by atoms with van der Waals surface area (Å²) in [7, 11) is 0. The van der Waals surface area contributed by atoms with Crippen molar-refractivity contribution in [1.29, 1.82) is 0 Å². The molecule has 7 heteroatoms. The van der Waals surface area contributed by atoms with Crippen LogP contribution in [0.15, 0.2) is 24.3 Å². The van der Waals surface area contributed by atoms with Crippen molar-refractivity contribution in [3.05, 3.63) is 35.4 Å². The Bertz CT molecular complexity index is 624. The summed E-state index contributed by atoms with van der Waals surface area (Å²) in [6.45, 7) is 5.51. The van der Waals surface area contributed by atoms with Gasteiger partial charge in [-0.1, -0.05) is 24.3 Å². The van der Waals surface area contributed by atoms with Crippen molar-refractivity contribution in [2.75, 3.05) is 26.2 Å². The second-order valence-electron chi connectivity index (χ2n) is 6.04. The van der Waals surface area contributed by atoms with Gasteiger partial charge in [-0.05, 0) is 25.0 Å². The molecule has 0 aliphatic carbocycles. The number of rotatable bonds is 4. The van der Waals surface area contributed by atoms with Crippen LogP contribution in [0.3, 0.4) is 0 Å². The molecule has 0 radical (unpaired) electrons. The van der Waals surface area contributed by atoms with E-state index in [1.807, 2.05) is 31.2 Å². The Morgan fingerprint density at radius 2 is 1.71 bits per heavy atom. The van der Waals surface area contributed by atoms with Gasteiger partial charge >= 0.3 is 6.03 Å². The monoisotopic (exact) mass is 332 g/mol. The Hall–Kier alpha value is -2.57. The first-order valence-corrected chi connectivity index (χ1v) is 8.05.